The highest BCUT2D eigenvalue weighted by atomic mass is 19.4. The minimum absolute atomic E-state index is 0.00466. The Balaban J connectivity index is 0.000000505. The van der Waals surface area contributed by atoms with Gasteiger partial charge in [-0.05, 0) is 67.9 Å². The van der Waals surface area contributed by atoms with Crippen LogP contribution in [0.4, 0.5) is 18.9 Å². The third-order valence-electron chi connectivity index (χ3n) is 6.39. The number of alkyl halides is 3. The van der Waals surface area contributed by atoms with Gasteiger partial charge in [-0.1, -0.05) is 48.5 Å². The minimum Gasteiger partial charge on any atom is -0.475 e. The summed E-state index contributed by atoms with van der Waals surface area (Å²) in [6.07, 6.45) is -4.22. The second-order valence-corrected chi connectivity index (χ2v) is 9.33. The summed E-state index contributed by atoms with van der Waals surface area (Å²) in [6, 6.07) is 19.7. The molecule has 1 fully saturated rings. The lowest BCUT2D eigenvalue weighted by molar-refractivity contribution is -0.192. The molecule has 3 N–H and O–H groups in total. The first-order chi connectivity index (χ1) is 17.9. The molecule has 1 unspecified atom stereocenters. The molecule has 0 aromatic heterocycles. The SMILES string of the molecule is Cc1ccc(NC(=O)C2CCN(C)C2)cc1C(=O)N[C@H](C)c1cccc2ccccc12.O=C(O)C(F)(F)F. The van der Waals surface area contributed by atoms with E-state index in [9.17, 15) is 22.8 Å². The van der Waals surface area contributed by atoms with Crippen LogP contribution in [0.3, 0.4) is 0 Å². The molecule has 0 radical (unpaired) electrons. The maximum absolute atomic E-state index is 13.1. The van der Waals surface area contributed by atoms with Gasteiger partial charge in [0.05, 0.1) is 12.0 Å². The van der Waals surface area contributed by atoms with E-state index >= 15 is 0 Å². The molecule has 10 heteroatoms. The Hall–Kier alpha value is -3.92. The molecule has 0 bridgehead atoms. The maximum Gasteiger partial charge on any atom is 0.490 e. The number of halogens is 3. The van der Waals surface area contributed by atoms with Crippen molar-refractivity contribution in [2.45, 2.75) is 32.5 Å². The van der Waals surface area contributed by atoms with E-state index in [1.807, 2.05) is 51.2 Å². The molecule has 2 amide bonds. The number of anilines is 1. The fraction of sp³-hybridized carbons (Fsp3) is 0.321. The summed E-state index contributed by atoms with van der Waals surface area (Å²) >= 11 is 0. The maximum atomic E-state index is 13.1. The number of rotatable bonds is 5. The van der Waals surface area contributed by atoms with Crippen molar-refractivity contribution in [1.82, 2.24) is 10.2 Å². The van der Waals surface area contributed by atoms with Crippen LogP contribution >= 0.6 is 0 Å². The van der Waals surface area contributed by atoms with Crippen LogP contribution in [0, 0.1) is 12.8 Å². The number of nitrogens with one attached hydrogen (secondary N) is 2. The number of fused-ring (bicyclic) bond motifs is 1. The van der Waals surface area contributed by atoms with Crippen molar-refractivity contribution >= 4 is 34.2 Å². The van der Waals surface area contributed by atoms with E-state index < -0.39 is 12.1 Å². The molecule has 1 saturated heterocycles. The Morgan fingerprint density at radius 1 is 1.05 bits per heavy atom. The van der Waals surface area contributed by atoms with Crippen LogP contribution in [0.1, 0.15) is 40.9 Å². The predicted octanol–water partition coefficient (Wildman–Crippen LogP) is 5.16. The summed E-state index contributed by atoms with van der Waals surface area (Å²) in [5.41, 5.74) is 3.20. The van der Waals surface area contributed by atoms with Gasteiger partial charge in [-0.15, -0.1) is 0 Å². The third-order valence-corrected chi connectivity index (χ3v) is 6.39. The summed E-state index contributed by atoms with van der Waals surface area (Å²) in [7, 11) is 2.03. The second kappa shape index (κ2) is 12.1. The molecule has 0 aliphatic carbocycles. The molecular weight excluding hydrogens is 499 g/mol. The monoisotopic (exact) mass is 529 g/mol. The number of carbonyl (C=O) groups excluding carboxylic acids is 2. The Morgan fingerprint density at radius 3 is 2.34 bits per heavy atom. The van der Waals surface area contributed by atoms with Crippen molar-refractivity contribution in [1.29, 1.82) is 0 Å². The van der Waals surface area contributed by atoms with Crippen LogP contribution in [0.25, 0.3) is 10.8 Å². The quantitative estimate of drug-likeness (QED) is 0.424. The van der Waals surface area contributed by atoms with E-state index in [0.717, 1.165) is 41.4 Å². The summed E-state index contributed by atoms with van der Waals surface area (Å²) in [5, 5.41) is 15.5. The van der Waals surface area contributed by atoms with Crippen molar-refractivity contribution in [2.24, 2.45) is 5.92 Å². The van der Waals surface area contributed by atoms with Crippen LogP contribution in [0.2, 0.25) is 0 Å². The Bertz CT molecular complexity index is 1320. The Kier molecular flexibility index (Phi) is 9.11. The standard InChI is InChI=1S/C26H29N3O2.C2HF3O2/c1-17-11-12-21(28-25(30)20-13-14-29(3)16-20)15-24(17)26(31)27-18(2)22-10-6-8-19-7-4-5-9-23(19)22;3-2(4,5)1(6)7/h4-12,15,18,20H,13-14,16H2,1-3H3,(H,27,31)(H,28,30);(H,6,7)/t18-,20?;/m1./s1. The molecule has 4 rings (SSSR count). The molecule has 3 aromatic rings. The van der Waals surface area contributed by atoms with Crippen molar-refractivity contribution in [3.8, 4) is 0 Å². The zero-order chi connectivity index (χ0) is 28.0. The highest BCUT2D eigenvalue weighted by Gasteiger charge is 2.38. The zero-order valence-corrected chi connectivity index (χ0v) is 21.3. The number of hydrogen-bond donors (Lipinski definition) is 3. The molecule has 38 heavy (non-hydrogen) atoms. The van der Waals surface area contributed by atoms with Crippen LogP contribution in [-0.2, 0) is 9.59 Å². The highest BCUT2D eigenvalue weighted by Crippen LogP contribution is 2.25. The van der Waals surface area contributed by atoms with E-state index in [2.05, 4.69) is 39.8 Å². The number of aryl methyl sites for hydroxylation is 1. The lowest BCUT2D eigenvalue weighted by atomic mass is 9.99. The van der Waals surface area contributed by atoms with E-state index in [-0.39, 0.29) is 23.8 Å². The summed E-state index contributed by atoms with van der Waals surface area (Å²) < 4.78 is 31.7. The first-order valence-electron chi connectivity index (χ1n) is 12.1. The van der Waals surface area contributed by atoms with E-state index in [1.165, 1.54) is 0 Å². The number of carbonyl (C=O) groups is 3. The van der Waals surface area contributed by atoms with Crippen molar-refractivity contribution in [2.75, 3.05) is 25.5 Å². The highest BCUT2D eigenvalue weighted by molar-refractivity contribution is 5.99. The van der Waals surface area contributed by atoms with Gasteiger partial charge >= 0.3 is 12.1 Å². The van der Waals surface area contributed by atoms with Gasteiger partial charge in [-0.25, -0.2) is 4.79 Å². The van der Waals surface area contributed by atoms with Gasteiger partial charge in [0.15, 0.2) is 0 Å². The van der Waals surface area contributed by atoms with Gasteiger partial charge in [0.1, 0.15) is 0 Å². The van der Waals surface area contributed by atoms with Crippen molar-refractivity contribution in [3.63, 3.8) is 0 Å². The molecule has 0 saturated carbocycles. The fourth-order valence-electron chi connectivity index (χ4n) is 4.32. The van der Waals surface area contributed by atoms with Crippen LogP contribution in [-0.4, -0.2) is 54.1 Å². The topological polar surface area (TPSA) is 98.7 Å². The molecule has 1 aliphatic rings. The van der Waals surface area contributed by atoms with Crippen LogP contribution in [0.5, 0.6) is 0 Å². The van der Waals surface area contributed by atoms with Gasteiger partial charge < -0.3 is 20.6 Å². The summed E-state index contributed by atoms with van der Waals surface area (Å²) in [5.74, 6) is -2.89. The van der Waals surface area contributed by atoms with Crippen molar-refractivity contribution in [3.05, 3.63) is 77.4 Å². The average molecular weight is 530 g/mol. The van der Waals surface area contributed by atoms with Crippen molar-refractivity contribution < 1.29 is 32.7 Å². The molecule has 202 valence electrons. The van der Waals surface area contributed by atoms with Gasteiger partial charge in [0, 0.05) is 17.8 Å². The first-order valence-corrected chi connectivity index (χ1v) is 12.1. The molecule has 3 aromatic carbocycles. The molecular formula is C28H30F3N3O4. The number of carboxylic acid groups (broad SMARTS) is 1. The Labute approximate surface area is 218 Å². The first kappa shape index (κ1) is 28.6. The molecule has 1 aliphatic heterocycles. The number of nitrogens with zero attached hydrogens (tertiary/aromatic N) is 1. The molecule has 0 spiro atoms. The lowest BCUT2D eigenvalue weighted by Crippen LogP contribution is -2.28. The van der Waals surface area contributed by atoms with Gasteiger partial charge in [-0.3, -0.25) is 9.59 Å². The summed E-state index contributed by atoms with van der Waals surface area (Å²) in [6.45, 7) is 5.62. The number of hydrogen-bond acceptors (Lipinski definition) is 4. The van der Waals surface area contributed by atoms with Gasteiger partial charge in [0.25, 0.3) is 5.91 Å². The van der Waals surface area contributed by atoms with Crippen LogP contribution in [0.15, 0.2) is 60.7 Å². The molecule has 7 nitrogen and oxygen atoms in total. The smallest absolute Gasteiger partial charge is 0.475 e. The lowest BCUT2D eigenvalue weighted by Gasteiger charge is -2.18. The van der Waals surface area contributed by atoms with Crippen LogP contribution < -0.4 is 10.6 Å². The van der Waals surface area contributed by atoms with E-state index in [1.54, 1.807) is 6.07 Å². The number of carboxylic acids is 1. The normalized spacial score (nSPS) is 16.3. The minimum atomic E-state index is -5.08. The summed E-state index contributed by atoms with van der Waals surface area (Å²) in [4.78, 5) is 36.7. The molecule has 2 atom stereocenters. The number of amides is 2. The number of aliphatic carboxylic acids is 1. The number of likely N-dealkylation sites (tertiary alicyclic amines) is 1. The largest absolute Gasteiger partial charge is 0.490 e. The fourth-order valence-corrected chi connectivity index (χ4v) is 4.32. The molecule has 1 heterocycles. The van der Waals surface area contributed by atoms with Gasteiger partial charge in [-0.2, -0.15) is 13.2 Å². The predicted molar refractivity (Wildman–Crippen MR) is 139 cm³/mol. The van der Waals surface area contributed by atoms with E-state index in [4.69, 9.17) is 9.90 Å². The average Bonchev–Trinajstić information content (AvgIpc) is 3.31. The second-order valence-electron chi connectivity index (χ2n) is 9.33. The Morgan fingerprint density at radius 2 is 1.71 bits per heavy atom. The number of benzene rings is 3. The van der Waals surface area contributed by atoms with Gasteiger partial charge in [0.2, 0.25) is 5.91 Å². The zero-order valence-electron chi connectivity index (χ0n) is 21.3. The third kappa shape index (κ3) is 7.32. The van der Waals surface area contributed by atoms with E-state index in [0.29, 0.717) is 11.3 Å².